The van der Waals surface area contributed by atoms with Crippen LogP contribution < -0.4 is 0 Å². The Kier molecular flexibility index (Phi) is 9.57. The minimum atomic E-state index is -0.0587. The van der Waals surface area contributed by atoms with Gasteiger partial charge in [-0.1, -0.05) is 41.5 Å². The topological polar surface area (TPSA) is 51.2 Å². The van der Waals surface area contributed by atoms with Gasteiger partial charge in [0.05, 0.1) is 6.42 Å². The predicted octanol–water partition coefficient (Wildman–Crippen LogP) is 5.30. The SMILES string of the molecule is CC(C)(C)CCCC(=O)CCCCC(=O)CC(=O)CC(C)(C)C. The fourth-order valence-corrected chi connectivity index (χ4v) is 2.55. The van der Waals surface area contributed by atoms with Crippen LogP contribution in [0.15, 0.2) is 0 Å². The number of unbranched alkanes of at least 4 members (excludes halogenated alkanes) is 1. The van der Waals surface area contributed by atoms with E-state index < -0.39 is 0 Å². The third-order valence-electron chi connectivity index (χ3n) is 3.67. The van der Waals surface area contributed by atoms with Gasteiger partial charge < -0.3 is 0 Å². The van der Waals surface area contributed by atoms with E-state index in [-0.39, 0.29) is 28.8 Å². The maximum absolute atomic E-state index is 11.8. The number of Topliss-reactive ketones (excluding diaryl/α,β-unsaturated/α-hetero) is 3. The van der Waals surface area contributed by atoms with E-state index in [1.165, 1.54) is 0 Å². The van der Waals surface area contributed by atoms with Gasteiger partial charge in [0.25, 0.3) is 0 Å². The average Bonchev–Trinajstić information content (AvgIpc) is 2.30. The largest absolute Gasteiger partial charge is 0.300 e. The zero-order valence-electron chi connectivity index (χ0n) is 16.1. The zero-order chi connectivity index (χ0) is 18.1. The highest BCUT2D eigenvalue weighted by molar-refractivity contribution is 5.99. The molecule has 134 valence electrons. The first-order chi connectivity index (χ1) is 10.4. The van der Waals surface area contributed by atoms with Crippen molar-refractivity contribution in [3.05, 3.63) is 0 Å². The van der Waals surface area contributed by atoms with Crippen LogP contribution in [0.4, 0.5) is 0 Å². The molecule has 0 spiro atoms. The second kappa shape index (κ2) is 10.00. The van der Waals surface area contributed by atoms with Crippen LogP contribution >= 0.6 is 0 Å². The highest BCUT2D eigenvalue weighted by Crippen LogP contribution is 2.22. The fraction of sp³-hybridized carbons (Fsp3) is 0.850. The molecule has 0 bridgehead atoms. The molecule has 0 aliphatic rings. The van der Waals surface area contributed by atoms with Crippen LogP contribution in [0, 0.1) is 10.8 Å². The van der Waals surface area contributed by atoms with E-state index in [0.717, 1.165) is 19.3 Å². The molecule has 3 nitrogen and oxygen atoms in total. The van der Waals surface area contributed by atoms with Crippen molar-refractivity contribution in [2.75, 3.05) is 0 Å². The molecule has 23 heavy (non-hydrogen) atoms. The van der Waals surface area contributed by atoms with Crippen molar-refractivity contribution in [1.29, 1.82) is 0 Å². The number of ketones is 3. The molecule has 0 amide bonds. The Morgan fingerprint density at radius 2 is 1.09 bits per heavy atom. The highest BCUT2D eigenvalue weighted by atomic mass is 16.1. The summed E-state index contributed by atoms with van der Waals surface area (Å²) in [6.07, 6.45) is 5.62. The third-order valence-corrected chi connectivity index (χ3v) is 3.67. The van der Waals surface area contributed by atoms with E-state index in [9.17, 15) is 14.4 Å². The van der Waals surface area contributed by atoms with Crippen LogP contribution in [0.1, 0.15) is 99.3 Å². The van der Waals surface area contributed by atoms with Gasteiger partial charge in [-0.3, -0.25) is 14.4 Å². The first-order valence-corrected chi connectivity index (χ1v) is 8.94. The lowest BCUT2D eigenvalue weighted by Gasteiger charge is -2.17. The molecule has 0 aromatic rings. The van der Waals surface area contributed by atoms with Crippen LogP contribution in [-0.2, 0) is 14.4 Å². The maximum atomic E-state index is 11.8. The van der Waals surface area contributed by atoms with Crippen molar-refractivity contribution in [2.45, 2.75) is 99.3 Å². The van der Waals surface area contributed by atoms with Gasteiger partial charge in [0.15, 0.2) is 0 Å². The molecule has 0 aromatic carbocycles. The second-order valence-corrected chi connectivity index (χ2v) is 9.15. The summed E-state index contributed by atoms with van der Waals surface area (Å²) < 4.78 is 0. The lowest BCUT2D eigenvalue weighted by Crippen LogP contribution is -2.16. The molecule has 0 radical (unpaired) electrons. The molecule has 0 saturated heterocycles. The Morgan fingerprint density at radius 1 is 0.609 bits per heavy atom. The summed E-state index contributed by atoms with van der Waals surface area (Å²) in [6.45, 7) is 12.6. The average molecular weight is 325 g/mol. The lowest BCUT2D eigenvalue weighted by molar-refractivity contribution is -0.128. The second-order valence-electron chi connectivity index (χ2n) is 9.15. The van der Waals surface area contributed by atoms with Crippen molar-refractivity contribution in [2.24, 2.45) is 10.8 Å². The van der Waals surface area contributed by atoms with Crippen LogP contribution in [0.2, 0.25) is 0 Å². The van der Waals surface area contributed by atoms with E-state index in [1.807, 2.05) is 20.8 Å². The Bertz CT molecular complexity index is 394. The first-order valence-electron chi connectivity index (χ1n) is 8.94. The lowest BCUT2D eigenvalue weighted by atomic mass is 9.88. The number of rotatable bonds is 11. The summed E-state index contributed by atoms with van der Waals surface area (Å²) in [4.78, 5) is 35.3. The van der Waals surface area contributed by atoms with Gasteiger partial charge in [0.2, 0.25) is 0 Å². The zero-order valence-corrected chi connectivity index (χ0v) is 16.1. The van der Waals surface area contributed by atoms with Crippen molar-refractivity contribution >= 4 is 17.3 Å². The standard InChI is InChI=1S/C20H36O3/c1-19(2,3)13-9-12-16(21)10-7-8-11-17(22)14-18(23)15-20(4,5)6/h7-15H2,1-6H3. The van der Waals surface area contributed by atoms with E-state index in [1.54, 1.807) is 0 Å². The first kappa shape index (κ1) is 22.0. The van der Waals surface area contributed by atoms with E-state index in [0.29, 0.717) is 37.9 Å². The van der Waals surface area contributed by atoms with Crippen LogP contribution in [0.25, 0.3) is 0 Å². The smallest absolute Gasteiger partial charge is 0.140 e. The Labute approximate surface area is 142 Å². The molecule has 0 heterocycles. The van der Waals surface area contributed by atoms with Gasteiger partial charge in [-0.25, -0.2) is 0 Å². The fourth-order valence-electron chi connectivity index (χ4n) is 2.55. The van der Waals surface area contributed by atoms with Gasteiger partial charge in [-0.05, 0) is 36.5 Å². The minimum absolute atomic E-state index is 0.0134. The van der Waals surface area contributed by atoms with Crippen molar-refractivity contribution in [3.8, 4) is 0 Å². The molecule has 0 aromatic heterocycles. The summed E-state index contributed by atoms with van der Waals surface area (Å²) in [5, 5.41) is 0. The van der Waals surface area contributed by atoms with Crippen molar-refractivity contribution in [1.82, 2.24) is 0 Å². The molecule has 0 aliphatic heterocycles. The maximum Gasteiger partial charge on any atom is 0.140 e. The molecule has 0 fully saturated rings. The molecule has 0 aliphatic carbocycles. The van der Waals surface area contributed by atoms with Gasteiger partial charge in [-0.15, -0.1) is 0 Å². The monoisotopic (exact) mass is 324 g/mol. The number of hydrogen-bond acceptors (Lipinski definition) is 3. The van der Waals surface area contributed by atoms with Gasteiger partial charge in [-0.2, -0.15) is 0 Å². The molecule has 0 rings (SSSR count). The summed E-state index contributed by atoms with van der Waals surface area (Å²) in [5.74, 6) is 0.339. The van der Waals surface area contributed by atoms with Gasteiger partial charge in [0, 0.05) is 25.7 Å². The summed E-state index contributed by atoms with van der Waals surface area (Å²) in [5.41, 5.74) is 0.225. The molecule has 0 unspecified atom stereocenters. The summed E-state index contributed by atoms with van der Waals surface area (Å²) >= 11 is 0. The van der Waals surface area contributed by atoms with E-state index in [4.69, 9.17) is 0 Å². The quantitative estimate of drug-likeness (QED) is 0.383. The summed E-state index contributed by atoms with van der Waals surface area (Å²) in [6, 6.07) is 0. The molecule has 0 atom stereocenters. The summed E-state index contributed by atoms with van der Waals surface area (Å²) in [7, 11) is 0. The Morgan fingerprint density at radius 3 is 1.57 bits per heavy atom. The van der Waals surface area contributed by atoms with Crippen LogP contribution in [0.5, 0.6) is 0 Å². The molecular weight excluding hydrogens is 288 g/mol. The van der Waals surface area contributed by atoms with Crippen LogP contribution in [-0.4, -0.2) is 17.3 Å². The Hall–Kier alpha value is -0.990. The van der Waals surface area contributed by atoms with Gasteiger partial charge >= 0.3 is 0 Å². The van der Waals surface area contributed by atoms with Crippen LogP contribution in [0.3, 0.4) is 0 Å². The van der Waals surface area contributed by atoms with Gasteiger partial charge in [0.1, 0.15) is 17.3 Å². The Balaban J connectivity index is 3.73. The molecule has 0 N–H and O–H groups in total. The van der Waals surface area contributed by atoms with Crippen molar-refractivity contribution in [3.63, 3.8) is 0 Å². The number of hydrogen-bond donors (Lipinski definition) is 0. The van der Waals surface area contributed by atoms with E-state index >= 15 is 0 Å². The normalized spacial score (nSPS) is 12.3. The minimum Gasteiger partial charge on any atom is -0.300 e. The third kappa shape index (κ3) is 15.7. The highest BCUT2D eigenvalue weighted by Gasteiger charge is 2.18. The number of carbonyl (C=O) groups is 3. The number of carbonyl (C=O) groups excluding carboxylic acids is 3. The molecule has 0 saturated carbocycles. The van der Waals surface area contributed by atoms with Crippen molar-refractivity contribution < 1.29 is 14.4 Å². The van der Waals surface area contributed by atoms with E-state index in [2.05, 4.69) is 20.8 Å². The molecular formula is C20H36O3. The molecule has 3 heteroatoms. The predicted molar refractivity (Wildman–Crippen MR) is 95.5 cm³/mol.